The van der Waals surface area contributed by atoms with Crippen LogP contribution in [0.2, 0.25) is 0 Å². The zero-order valence-corrected chi connectivity index (χ0v) is 22.8. The Balaban J connectivity index is 1.39. The summed E-state index contributed by atoms with van der Waals surface area (Å²) < 4.78 is 28.1. The molecule has 2 aromatic carbocycles. The van der Waals surface area contributed by atoms with Gasteiger partial charge in [0.2, 0.25) is 15.9 Å². The molecule has 1 amide bonds. The Kier molecular flexibility index (Phi) is 8.24. The van der Waals surface area contributed by atoms with Crippen molar-refractivity contribution in [1.82, 2.24) is 19.4 Å². The first-order chi connectivity index (χ1) is 17.7. The molecule has 8 nitrogen and oxygen atoms in total. The maximum Gasteiger partial charge on any atom is 0.243 e. The molecule has 0 saturated carbocycles. The van der Waals surface area contributed by atoms with Crippen LogP contribution >= 0.6 is 0 Å². The second kappa shape index (κ2) is 11.4. The minimum absolute atomic E-state index is 0.170. The second-order valence-electron chi connectivity index (χ2n) is 9.63. The summed E-state index contributed by atoms with van der Waals surface area (Å²) in [5.41, 5.74) is 4.02. The number of amides is 1. The molecule has 37 heavy (non-hydrogen) atoms. The number of aromatic nitrogens is 2. The van der Waals surface area contributed by atoms with Crippen molar-refractivity contribution in [3.05, 3.63) is 71.8 Å². The summed E-state index contributed by atoms with van der Waals surface area (Å²) in [6.45, 7) is 9.78. The molecule has 1 atom stereocenters. The first kappa shape index (κ1) is 26.8. The molecule has 2 heterocycles. The lowest BCUT2D eigenvalue weighted by Crippen LogP contribution is -2.53. The van der Waals surface area contributed by atoms with Crippen molar-refractivity contribution in [3.63, 3.8) is 0 Å². The van der Waals surface area contributed by atoms with E-state index in [1.807, 2.05) is 52.0 Å². The van der Waals surface area contributed by atoms with Gasteiger partial charge in [-0.15, -0.1) is 10.2 Å². The number of carbonyl (C=O) groups is 1. The number of hydrogen-bond donors (Lipinski definition) is 0. The van der Waals surface area contributed by atoms with Gasteiger partial charge in [0, 0.05) is 37.8 Å². The van der Waals surface area contributed by atoms with Crippen molar-refractivity contribution in [2.24, 2.45) is 0 Å². The van der Waals surface area contributed by atoms with Crippen LogP contribution in [0.1, 0.15) is 31.4 Å². The van der Waals surface area contributed by atoms with Crippen LogP contribution < -0.4 is 4.90 Å². The first-order valence-electron chi connectivity index (χ1n) is 12.7. The minimum Gasteiger partial charge on any atom is -0.352 e. The Hall–Kier alpha value is -3.30. The molecule has 0 spiro atoms. The van der Waals surface area contributed by atoms with Crippen LogP contribution in [0.15, 0.2) is 65.6 Å². The van der Waals surface area contributed by atoms with E-state index in [9.17, 15) is 13.2 Å². The monoisotopic (exact) mass is 521 g/mol. The molecule has 196 valence electrons. The van der Waals surface area contributed by atoms with Gasteiger partial charge in [0.1, 0.15) is 0 Å². The Morgan fingerprint density at radius 2 is 1.49 bits per heavy atom. The summed E-state index contributed by atoms with van der Waals surface area (Å²) in [5.74, 6) is 0.586. The summed E-state index contributed by atoms with van der Waals surface area (Å²) >= 11 is 0. The maximum absolute atomic E-state index is 13.4. The van der Waals surface area contributed by atoms with Crippen LogP contribution in [0.4, 0.5) is 5.82 Å². The van der Waals surface area contributed by atoms with Gasteiger partial charge in [-0.2, -0.15) is 4.31 Å². The van der Waals surface area contributed by atoms with Crippen LogP contribution in [0.5, 0.6) is 0 Å². The maximum atomic E-state index is 13.4. The number of aryl methyl sites for hydroxylation is 2. The SMILES string of the molecule is CCC(C)N(CC(=O)N1CCN(c2ccc(-c3ccc(C)cc3)nn2)CC1)S(=O)(=O)c1ccc(C)cc1. The topological polar surface area (TPSA) is 86.7 Å². The minimum atomic E-state index is -3.79. The average Bonchev–Trinajstić information content (AvgIpc) is 2.92. The van der Waals surface area contributed by atoms with Gasteiger partial charge in [0.05, 0.1) is 17.1 Å². The number of anilines is 1. The van der Waals surface area contributed by atoms with Crippen molar-refractivity contribution < 1.29 is 13.2 Å². The normalized spacial score (nSPS) is 15.2. The highest BCUT2D eigenvalue weighted by Crippen LogP contribution is 2.22. The molecular weight excluding hydrogens is 486 g/mol. The van der Waals surface area contributed by atoms with E-state index in [0.29, 0.717) is 32.6 Å². The number of benzene rings is 2. The molecule has 0 radical (unpaired) electrons. The molecule has 1 unspecified atom stereocenters. The number of carbonyl (C=O) groups excluding carboxylic acids is 1. The van der Waals surface area contributed by atoms with Gasteiger partial charge in [-0.25, -0.2) is 8.42 Å². The van der Waals surface area contributed by atoms with Crippen LogP contribution in [-0.2, 0) is 14.8 Å². The zero-order valence-electron chi connectivity index (χ0n) is 22.0. The summed E-state index contributed by atoms with van der Waals surface area (Å²) in [7, 11) is -3.79. The highest BCUT2D eigenvalue weighted by molar-refractivity contribution is 7.89. The molecule has 1 saturated heterocycles. The summed E-state index contributed by atoms with van der Waals surface area (Å²) in [4.78, 5) is 17.3. The molecule has 4 rings (SSSR count). The largest absolute Gasteiger partial charge is 0.352 e. The predicted octanol–water partition coefficient (Wildman–Crippen LogP) is 3.90. The predicted molar refractivity (Wildman–Crippen MR) is 146 cm³/mol. The standard InChI is InChI=1S/C28H35N5O3S/c1-5-23(4)33(37(35,36)25-12-8-22(3)9-13-25)20-28(34)32-18-16-31(17-19-32)27-15-14-26(29-30-27)24-10-6-21(2)7-11-24/h6-15,23H,5,16-20H2,1-4H3. The quantitative estimate of drug-likeness (QED) is 0.447. The number of sulfonamides is 1. The lowest BCUT2D eigenvalue weighted by Gasteiger charge is -2.36. The van der Waals surface area contributed by atoms with E-state index in [2.05, 4.69) is 27.2 Å². The van der Waals surface area contributed by atoms with Gasteiger partial charge < -0.3 is 9.80 Å². The zero-order chi connectivity index (χ0) is 26.6. The third-order valence-corrected chi connectivity index (χ3v) is 8.93. The van der Waals surface area contributed by atoms with E-state index in [0.717, 1.165) is 22.6 Å². The molecule has 9 heteroatoms. The van der Waals surface area contributed by atoms with E-state index >= 15 is 0 Å². The van der Waals surface area contributed by atoms with Crippen LogP contribution in [0, 0.1) is 13.8 Å². The third-order valence-electron chi connectivity index (χ3n) is 6.96. The van der Waals surface area contributed by atoms with Crippen molar-refractivity contribution in [2.75, 3.05) is 37.6 Å². The van der Waals surface area contributed by atoms with E-state index in [1.54, 1.807) is 29.2 Å². The third kappa shape index (κ3) is 6.17. The van der Waals surface area contributed by atoms with Crippen LogP contribution in [0.3, 0.4) is 0 Å². The van der Waals surface area contributed by atoms with E-state index < -0.39 is 10.0 Å². The van der Waals surface area contributed by atoms with Gasteiger partial charge in [-0.1, -0.05) is 54.4 Å². The Morgan fingerprint density at radius 3 is 2.03 bits per heavy atom. The van der Waals surface area contributed by atoms with E-state index in [4.69, 9.17) is 0 Å². The fraction of sp³-hybridized carbons (Fsp3) is 0.393. The average molecular weight is 522 g/mol. The molecule has 3 aromatic rings. The summed E-state index contributed by atoms with van der Waals surface area (Å²) in [6.07, 6.45) is 0.614. The first-order valence-corrected chi connectivity index (χ1v) is 14.1. The molecule has 1 fully saturated rings. The van der Waals surface area contributed by atoms with E-state index in [1.165, 1.54) is 9.87 Å². The smallest absolute Gasteiger partial charge is 0.243 e. The number of rotatable bonds is 8. The lowest BCUT2D eigenvalue weighted by molar-refractivity contribution is -0.132. The number of nitrogens with zero attached hydrogens (tertiary/aromatic N) is 5. The summed E-state index contributed by atoms with van der Waals surface area (Å²) in [5, 5.41) is 8.80. The molecule has 1 aliphatic rings. The van der Waals surface area contributed by atoms with Gasteiger partial charge in [0.25, 0.3) is 0 Å². The molecule has 1 aromatic heterocycles. The lowest BCUT2D eigenvalue weighted by atomic mass is 10.1. The molecular formula is C28H35N5O3S. The van der Waals surface area contributed by atoms with Crippen LogP contribution in [0.25, 0.3) is 11.3 Å². The Bertz CT molecular complexity index is 1300. The molecule has 1 aliphatic heterocycles. The highest BCUT2D eigenvalue weighted by Gasteiger charge is 2.32. The van der Waals surface area contributed by atoms with Gasteiger partial charge in [-0.3, -0.25) is 4.79 Å². The van der Waals surface area contributed by atoms with Gasteiger partial charge >= 0.3 is 0 Å². The molecule has 0 N–H and O–H groups in total. The Morgan fingerprint density at radius 1 is 0.892 bits per heavy atom. The molecule has 0 bridgehead atoms. The summed E-state index contributed by atoms with van der Waals surface area (Å²) in [6, 6.07) is 18.6. The van der Waals surface area contributed by atoms with Gasteiger partial charge in [-0.05, 0) is 51.5 Å². The second-order valence-corrected chi connectivity index (χ2v) is 11.5. The van der Waals surface area contributed by atoms with E-state index in [-0.39, 0.29) is 23.4 Å². The van der Waals surface area contributed by atoms with Crippen LogP contribution in [-0.4, -0.2) is 72.5 Å². The van der Waals surface area contributed by atoms with Crippen molar-refractivity contribution in [2.45, 2.75) is 45.1 Å². The van der Waals surface area contributed by atoms with Crippen molar-refractivity contribution in [1.29, 1.82) is 0 Å². The fourth-order valence-electron chi connectivity index (χ4n) is 4.32. The van der Waals surface area contributed by atoms with Crippen molar-refractivity contribution in [3.8, 4) is 11.3 Å². The van der Waals surface area contributed by atoms with Crippen molar-refractivity contribution >= 4 is 21.7 Å². The fourth-order valence-corrected chi connectivity index (χ4v) is 5.97. The highest BCUT2D eigenvalue weighted by atomic mass is 32.2. The Labute approximate surface area is 220 Å². The number of hydrogen-bond acceptors (Lipinski definition) is 6. The molecule has 0 aliphatic carbocycles. The van der Waals surface area contributed by atoms with Gasteiger partial charge in [0.15, 0.2) is 5.82 Å². The number of piperazine rings is 1.